The zero-order chi connectivity index (χ0) is 22.9. The molecule has 0 aliphatic carbocycles. The SMILES string of the molecule is Cc1cc(-c2ccc3ncc(N4CCN(Cc5ccc(F)cc5)CC4)nc3c2)cc(C)c1O. The molecule has 5 rings (SSSR count). The molecule has 6 heteroatoms. The first-order chi connectivity index (χ1) is 16.0. The lowest BCUT2D eigenvalue weighted by Gasteiger charge is -2.35. The maximum atomic E-state index is 13.1. The summed E-state index contributed by atoms with van der Waals surface area (Å²) in [4.78, 5) is 14.2. The highest BCUT2D eigenvalue weighted by Crippen LogP contribution is 2.30. The van der Waals surface area contributed by atoms with E-state index in [1.807, 2.05) is 50.4 Å². The summed E-state index contributed by atoms with van der Waals surface area (Å²) in [5.74, 6) is 1.04. The van der Waals surface area contributed by atoms with Crippen molar-refractivity contribution >= 4 is 16.9 Å². The lowest BCUT2D eigenvalue weighted by Crippen LogP contribution is -2.46. The number of benzene rings is 3. The van der Waals surface area contributed by atoms with Crippen molar-refractivity contribution in [2.75, 3.05) is 31.1 Å². The molecule has 3 aromatic carbocycles. The second kappa shape index (κ2) is 8.79. The number of phenols is 1. The average molecular weight is 443 g/mol. The van der Waals surface area contributed by atoms with Gasteiger partial charge in [0.1, 0.15) is 17.4 Å². The minimum absolute atomic E-state index is 0.197. The third-order valence-electron chi connectivity index (χ3n) is 6.37. The largest absolute Gasteiger partial charge is 0.507 e. The lowest BCUT2D eigenvalue weighted by molar-refractivity contribution is 0.249. The van der Waals surface area contributed by atoms with E-state index in [1.54, 1.807) is 0 Å². The van der Waals surface area contributed by atoms with Crippen LogP contribution in [0, 0.1) is 19.7 Å². The minimum atomic E-state index is -0.197. The monoisotopic (exact) mass is 442 g/mol. The van der Waals surface area contributed by atoms with Crippen LogP contribution in [0.4, 0.5) is 10.2 Å². The number of aryl methyl sites for hydroxylation is 2. The molecule has 168 valence electrons. The highest BCUT2D eigenvalue weighted by Gasteiger charge is 2.19. The quantitative estimate of drug-likeness (QED) is 0.478. The maximum absolute atomic E-state index is 13.1. The first-order valence-corrected chi connectivity index (χ1v) is 11.3. The van der Waals surface area contributed by atoms with Gasteiger partial charge in [0.15, 0.2) is 0 Å². The molecule has 0 radical (unpaired) electrons. The number of aromatic hydroxyl groups is 1. The zero-order valence-corrected chi connectivity index (χ0v) is 18.9. The molecular formula is C27H27FN4O. The smallest absolute Gasteiger partial charge is 0.147 e. The fourth-order valence-corrected chi connectivity index (χ4v) is 4.44. The summed E-state index contributed by atoms with van der Waals surface area (Å²) in [5, 5.41) is 10.1. The summed E-state index contributed by atoms with van der Waals surface area (Å²) in [6, 6.07) is 16.9. The summed E-state index contributed by atoms with van der Waals surface area (Å²) in [5.41, 5.74) is 6.71. The molecule has 4 aromatic rings. The summed E-state index contributed by atoms with van der Waals surface area (Å²) in [7, 11) is 0. The van der Waals surface area contributed by atoms with Gasteiger partial charge in [-0.3, -0.25) is 9.88 Å². The summed E-state index contributed by atoms with van der Waals surface area (Å²) < 4.78 is 13.1. The van der Waals surface area contributed by atoms with Gasteiger partial charge < -0.3 is 10.0 Å². The molecule has 0 amide bonds. The minimum Gasteiger partial charge on any atom is -0.507 e. The fourth-order valence-electron chi connectivity index (χ4n) is 4.44. The van der Waals surface area contributed by atoms with E-state index >= 15 is 0 Å². The molecule has 1 aromatic heterocycles. The van der Waals surface area contributed by atoms with Gasteiger partial charge in [0.05, 0.1) is 17.2 Å². The van der Waals surface area contributed by atoms with Crippen molar-refractivity contribution in [1.82, 2.24) is 14.9 Å². The highest BCUT2D eigenvalue weighted by atomic mass is 19.1. The standard InChI is InChI=1S/C27H27FN4O/c1-18-13-22(14-19(2)27(18)33)21-5-8-24-25(15-21)30-26(16-29-24)32-11-9-31(10-12-32)17-20-3-6-23(28)7-4-20/h3-8,13-16,33H,9-12,17H2,1-2H3. The van der Waals surface area contributed by atoms with Crippen LogP contribution < -0.4 is 4.90 Å². The molecule has 5 nitrogen and oxygen atoms in total. The molecular weight excluding hydrogens is 415 g/mol. The van der Waals surface area contributed by atoms with Gasteiger partial charge in [0.25, 0.3) is 0 Å². The second-order valence-electron chi connectivity index (χ2n) is 8.78. The van der Waals surface area contributed by atoms with Crippen molar-refractivity contribution in [2.45, 2.75) is 20.4 Å². The van der Waals surface area contributed by atoms with Gasteiger partial charge in [-0.25, -0.2) is 9.37 Å². The summed E-state index contributed by atoms with van der Waals surface area (Å²) in [6.07, 6.45) is 1.85. The fraction of sp³-hybridized carbons (Fsp3) is 0.259. The summed E-state index contributed by atoms with van der Waals surface area (Å²) >= 11 is 0. The Labute approximate surface area is 193 Å². The molecule has 1 aliphatic heterocycles. The summed E-state index contributed by atoms with van der Waals surface area (Å²) in [6.45, 7) is 8.24. The Kier molecular flexibility index (Phi) is 5.68. The van der Waals surface area contributed by atoms with Gasteiger partial charge in [0, 0.05) is 32.7 Å². The number of piperazine rings is 1. The van der Waals surface area contributed by atoms with E-state index in [2.05, 4.69) is 26.9 Å². The van der Waals surface area contributed by atoms with Crippen molar-refractivity contribution in [3.8, 4) is 16.9 Å². The number of halogens is 1. The molecule has 1 saturated heterocycles. The van der Waals surface area contributed by atoms with Gasteiger partial charge >= 0.3 is 0 Å². The topological polar surface area (TPSA) is 52.5 Å². The molecule has 0 unspecified atom stereocenters. The third kappa shape index (κ3) is 4.52. The Morgan fingerprint density at radius 3 is 2.24 bits per heavy atom. The Balaban J connectivity index is 1.32. The van der Waals surface area contributed by atoms with E-state index in [4.69, 9.17) is 4.98 Å². The Hall–Kier alpha value is -3.51. The Morgan fingerprint density at radius 2 is 1.55 bits per heavy atom. The second-order valence-corrected chi connectivity index (χ2v) is 8.78. The van der Waals surface area contributed by atoms with Crippen LogP contribution in [0.5, 0.6) is 5.75 Å². The molecule has 1 fully saturated rings. The highest BCUT2D eigenvalue weighted by molar-refractivity contribution is 5.82. The van der Waals surface area contributed by atoms with Gasteiger partial charge in [-0.05, 0) is 78.1 Å². The normalized spacial score (nSPS) is 14.7. The average Bonchev–Trinajstić information content (AvgIpc) is 2.83. The van der Waals surface area contributed by atoms with Crippen LogP contribution in [0.15, 0.2) is 60.8 Å². The number of anilines is 1. The van der Waals surface area contributed by atoms with E-state index in [0.717, 1.165) is 77.4 Å². The predicted molar refractivity (Wildman–Crippen MR) is 130 cm³/mol. The number of hydrogen-bond acceptors (Lipinski definition) is 5. The lowest BCUT2D eigenvalue weighted by atomic mass is 9.99. The van der Waals surface area contributed by atoms with Crippen LogP contribution in [0.25, 0.3) is 22.2 Å². The van der Waals surface area contributed by atoms with Crippen molar-refractivity contribution < 1.29 is 9.50 Å². The number of phenolic OH excluding ortho intramolecular Hbond substituents is 1. The van der Waals surface area contributed by atoms with E-state index in [-0.39, 0.29) is 5.82 Å². The molecule has 0 atom stereocenters. The first kappa shape index (κ1) is 21.3. The van der Waals surface area contributed by atoms with Gasteiger partial charge in [-0.2, -0.15) is 0 Å². The number of rotatable bonds is 4. The number of aromatic nitrogens is 2. The number of hydrogen-bond donors (Lipinski definition) is 1. The van der Waals surface area contributed by atoms with Gasteiger partial charge in [0.2, 0.25) is 0 Å². The van der Waals surface area contributed by atoms with Crippen LogP contribution in [-0.2, 0) is 6.54 Å². The van der Waals surface area contributed by atoms with E-state index < -0.39 is 0 Å². The van der Waals surface area contributed by atoms with Gasteiger partial charge in [-0.15, -0.1) is 0 Å². The van der Waals surface area contributed by atoms with Crippen molar-refractivity contribution in [3.63, 3.8) is 0 Å². The molecule has 33 heavy (non-hydrogen) atoms. The maximum Gasteiger partial charge on any atom is 0.147 e. The van der Waals surface area contributed by atoms with Crippen LogP contribution >= 0.6 is 0 Å². The number of fused-ring (bicyclic) bond motifs is 1. The van der Waals surface area contributed by atoms with Crippen LogP contribution in [0.2, 0.25) is 0 Å². The van der Waals surface area contributed by atoms with Crippen LogP contribution in [0.3, 0.4) is 0 Å². The molecule has 2 heterocycles. The number of nitrogens with zero attached hydrogens (tertiary/aromatic N) is 4. The zero-order valence-electron chi connectivity index (χ0n) is 18.9. The predicted octanol–water partition coefficient (Wildman–Crippen LogP) is 5.08. The van der Waals surface area contributed by atoms with E-state index in [0.29, 0.717) is 5.75 Å². The Morgan fingerprint density at radius 1 is 0.848 bits per heavy atom. The van der Waals surface area contributed by atoms with Gasteiger partial charge in [-0.1, -0.05) is 18.2 Å². The van der Waals surface area contributed by atoms with E-state index in [9.17, 15) is 9.50 Å². The van der Waals surface area contributed by atoms with Crippen molar-refractivity contribution in [1.29, 1.82) is 0 Å². The molecule has 0 bridgehead atoms. The van der Waals surface area contributed by atoms with Crippen molar-refractivity contribution in [3.05, 3.63) is 83.3 Å². The third-order valence-corrected chi connectivity index (χ3v) is 6.37. The van der Waals surface area contributed by atoms with Crippen LogP contribution in [0.1, 0.15) is 16.7 Å². The molecule has 1 N–H and O–H groups in total. The van der Waals surface area contributed by atoms with E-state index in [1.165, 1.54) is 12.1 Å². The molecule has 0 saturated carbocycles. The molecule has 1 aliphatic rings. The van der Waals surface area contributed by atoms with Crippen LogP contribution in [-0.4, -0.2) is 46.2 Å². The first-order valence-electron chi connectivity index (χ1n) is 11.3. The molecule has 0 spiro atoms. The van der Waals surface area contributed by atoms with Crippen molar-refractivity contribution in [2.24, 2.45) is 0 Å². The Bertz CT molecular complexity index is 1270.